The summed E-state index contributed by atoms with van der Waals surface area (Å²) in [5, 5.41) is 12.6. The first-order chi connectivity index (χ1) is 5.45. The van der Waals surface area contributed by atoms with Crippen LogP contribution in [0.2, 0.25) is 0 Å². The van der Waals surface area contributed by atoms with Crippen molar-refractivity contribution in [3.8, 4) is 0 Å². The maximum absolute atomic E-state index is 9.40. The second-order valence-electron chi connectivity index (χ2n) is 3.88. The van der Waals surface area contributed by atoms with Crippen molar-refractivity contribution in [1.82, 2.24) is 5.32 Å². The number of aliphatic hydroxyl groups is 1. The van der Waals surface area contributed by atoms with Crippen LogP contribution in [-0.4, -0.2) is 37.0 Å². The van der Waals surface area contributed by atoms with Gasteiger partial charge in [0.25, 0.3) is 0 Å². The van der Waals surface area contributed by atoms with Gasteiger partial charge in [0.1, 0.15) is 0 Å². The van der Waals surface area contributed by atoms with Crippen molar-refractivity contribution in [3.05, 3.63) is 0 Å². The predicted octanol–water partition coefficient (Wildman–Crippen LogP) is 0.772. The summed E-state index contributed by atoms with van der Waals surface area (Å²) < 4.78 is 4.94. The maximum Gasteiger partial charge on any atom is 0.0715 e. The summed E-state index contributed by atoms with van der Waals surface area (Å²) in [6.45, 7) is 7.06. The summed E-state index contributed by atoms with van der Waals surface area (Å²) in [7, 11) is 1.70. The molecule has 0 heterocycles. The minimum atomic E-state index is -0.624. The number of hydrogen-bond donors (Lipinski definition) is 2. The zero-order chi connectivity index (χ0) is 9.61. The fourth-order valence-electron chi connectivity index (χ4n) is 0.821. The molecule has 0 radical (unpaired) electrons. The highest BCUT2D eigenvalue weighted by Gasteiger charge is 2.12. The molecule has 0 bridgehead atoms. The summed E-state index contributed by atoms with van der Waals surface area (Å²) in [6.07, 6.45) is 0.979. The second kappa shape index (κ2) is 5.51. The first-order valence-corrected chi connectivity index (χ1v) is 4.40. The summed E-state index contributed by atoms with van der Waals surface area (Å²) in [6, 6.07) is 0.399. The molecule has 0 rings (SSSR count). The van der Waals surface area contributed by atoms with Crippen molar-refractivity contribution in [2.45, 2.75) is 38.8 Å². The van der Waals surface area contributed by atoms with E-state index in [-0.39, 0.29) is 0 Å². The first-order valence-electron chi connectivity index (χ1n) is 4.40. The Morgan fingerprint density at radius 3 is 2.50 bits per heavy atom. The molecule has 0 amide bonds. The van der Waals surface area contributed by atoms with Gasteiger partial charge < -0.3 is 15.2 Å². The van der Waals surface area contributed by atoms with Crippen LogP contribution in [0.1, 0.15) is 27.2 Å². The summed E-state index contributed by atoms with van der Waals surface area (Å²) in [4.78, 5) is 0. The lowest BCUT2D eigenvalue weighted by Crippen LogP contribution is -2.39. The molecule has 0 aliphatic heterocycles. The second-order valence-corrected chi connectivity index (χ2v) is 3.88. The van der Waals surface area contributed by atoms with E-state index in [1.165, 1.54) is 0 Å². The minimum Gasteiger partial charge on any atom is -0.389 e. The summed E-state index contributed by atoms with van der Waals surface area (Å²) in [5.41, 5.74) is -0.624. The lowest BCUT2D eigenvalue weighted by Gasteiger charge is -2.21. The van der Waals surface area contributed by atoms with Gasteiger partial charge in [-0.1, -0.05) is 0 Å². The highest BCUT2D eigenvalue weighted by molar-refractivity contribution is 4.71. The van der Waals surface area contributed by atoms with Crippen molar-refractivity contribution in [2.75, 3.05) is 20.3 Å². The number of hydrogen-bond acceptors (Lipinski definition) is 3. The number of ether oxygens (including phenoxy) is 1. The normalized spacial score (nSPS) is 14.8. The van der Waals surface area contributed by atoms with Crippen LogP contribution in [-0.2, 0) is 4.74 Å². The van der Waals surface area contributed by atoms with E-state index in [1.807, 2.05) is 0 Å². The Hall–Kier alpha value is -0.120. The van der Waals surface area contributed by atoms with Crippen LogP contribution in [0.25, 0.3) is 0 Å². The monoisotopic (exact) mass is 175 g/mol. The molecule has 2 N–H and O–H groups in total. The van der Waals surface area contributed by atoms with Crippen molar-refractivity contribution < 1.29 is 9.84 Å². The van der Waals surface area contributed by atoms with E-state index >= 15 is 0 Å². The van der Waals surface area contributed by atoms with Crippen molar-refractivity contribution in [3.63, 3.8) is 0 Å². The molecule has 0 aromatic heterocycles. The molecule has 74 valence electrons. The van der Waals surface area contributed by atoms with Gasteiger partial charge in [-0.05, 0) is 27.2 Å². The summed E-state index contributed by atoms with van der Waals surface area (Å²) >= 11 is 0. The molecule has 0 aromatic carbocycles. The van der Waals surface area contributed by atoms with Gasteiger partial charge in [-0.25, -0.2) is 0 Å². The van der Waals surface area contributed by atoms with E-state index in [9.17, 15) is 5.11 Å². The van der Waals surface area contributed by atoms with Crippen molar-refractivity contribution >= 4 is 0 Å². The Kier molecular flexibility index (Phi) is 5.46. The van der Waals surface area contributed by atoms with Gasteiger partial charge in [-0.15, -0.1) is 0 Å². The molecular formula is C9H21NO2. The van der Waals surface area contributed by atoms with Crippen molar-refractivity contribution in [1.29, 1.82) is 0 Å². The van der Waals surface area contributed by atoms with E-state index in [0.717, 1.165) is 13.0 Å². The van der Waals surface area contributed by atoms with Gasteiger partial charge in [-0.3, -0.25) is 0 Å². The minimum absolute atomic E-state index is 0.399. The first kappa shape index (κ1) is 11.9. The molecule has 0 saturated carbocycles. The topological polar surface area (TPSA) is 41.5 Å². The standard InChI is InChI=1S/C9H21NO2/c1-8(5-6-12-4)10-7-9(2,3)11/h8,10-11H,5-7H2,1-4H3. The van der Waals surface area contributed by atoms with Gasteiger partial charge in [0.05, 0.1) is 5.60 Å². The third kappa shape index (κ3) is 7.98. The Morgan fingerprint density at radius 1 is 1.50 bits per heavy atom. The highest BCUT2D eigenvalue weighted by Crippen LogP contribution is 1.99. The molecule has 0 aliphatic carbocycles. The molecule has 0 aromatic rings. The molecule has 1 unspecified atom stereocenters. The van der Waals surface area contributed by atoms with Crippen LogP contribution in [0.3, 0.4) is 0 Å². The van der Waals surface area contributed by atoms with Gasteiger partial charge in [-0.2, -0.15) is 0 Å². The zero-order valence-corrected chi connectivity index (χ0v) is 8.55. The van der Waals surface area contributed by atoms with Crippen LogP contribution in [0.5, 0.6) is 0 Å². The van der Waals surface area contributed by atoms with E-state index in [4.69, 9.17) is 4.74 Å². The Labute approximate surface area is 75.1 Å². The van der Waals surface area contributed by atoms with Crippen LogP contribution >= 0.6 is 0 Å². The van der Waals surface area contributed by atoms with Crippen LogP contribution in [0.15, 0.2) is 0 Å². The Morgan fingerprint density at radius 2 is 2.08 bits per heavy atom. The van der Waals surface area contributed by atoms with E-state index in [2.05, 4.69) is 12.2 Å². The van der Waals surface area contributed by atoms with Crippen LogP contribution in [0, 0.1) is 0 Å². The van der Waals surface area contributed by atoms with E-state index in [1.54, 1.807) is 21.0 Å². The molecule has 12 heavy (non-hydrogen) atoms. The molecule has 0 spiro atoms. The van der Waals surface area contributed by atoms with Gasteiger partial charge >= 0.3 is 0 Å². The number of rotatable bonds is 6. The average Bonchev–Trinajstić information content (AvgIpc) is 1.95. The molecular weight excluding hydrogens is 154 g/mol. The average molecular weight is 175 g/mol. The van der Waals surface area contributed by atoms with Gasteiger partial charge in [0.15, 0.2) is 0 Å². The third-order valence-corrected chi connectivity index (χ3v) is 1.64. The maximum atomic E-state index is 9.40. The predicted molar refractivity (Wildman–Crippen MR) is 50.3 cm³/mol. The zero-order valence-electron chi connectivity index (χ0n) is 8.55. The lowest BCUT2D eigenvalue weighted by molar-refractivity contribution is 0.0750. The molecule has 1 atom stereocenters. The highest BCUT2D eigenvalue weighted by atomic mass is 16.5. The molecule has 0 saturated heterocycles. The van der Waals surface area contributed by atoms with Crippen LogP contribution in [0.4, 0.5) is 0 Å². The smallest absolute Gasteiger partial charge is 0.0715 e. The fourth-order valence-corrected chi connectivity index (χ4v) is 0.821. The van der Waals surface area contributed by atoms with E-state index < -0.39 is 5.60 Å². The van der Waals surface area contributed by atoms with Gasteiger partial charge in [0.2, 0.25) is 0 Å². The third-order valence-electron chi connectivity index (χ3n) is 1.64. The molecule has 0 aliphatic rings. The molecule has 3 heteroatoms. The fraction of sp³-hybridized carbons (Fsp3) is 1.00. The molecule has 0 fully saturated rings. The summed E-state index contributed by atoms with van der Waals surface area (Å²) in [5.74, 6) is 0. The van der Waals surface area contributed by atoms with Crippen LogP contribution < -0.4 is 5.32 Å². The number of nitrogens with one attached hydrogen (secondary N) is 1. The Balaban J connectivity index is 3.37. The van der Waals surface area contributed by atoms with Gasteiger partial charge in [0, 0.05) is 26.3 Å². The lowest BCUT2D eigenvalue weighted by atomic mass is 10.1. The number of methoxy groups -OCH3 is 1. The SMILES string of the molecule is COCCC(C)NCC(C)(C)O. The Bertz CT molecular complexity index is 110. The van der Waals surface area contributed by atoms with E-state index in [0.29, 0.717) is 12.6 Å². The largest absolute Gasteiger partial charge is 0.389 e. The quantitative estimate of drug-likeness (QED) is 0.626. The van der Waals surface area contributed by atoms with Crippen molar-refractivity contribution in [2.24, 2.45) is 0 Å². The molecule has 3 nitrogen and oxygen atoms in total.